The van der Waals surface area contributed by atoms with E-state index < -0.39 is 0 Å². The first-order chi connectivity index (χ1) is 1.73. The minimum Gasteiger partial charge on any atom is -0.147 e. The van der Waals surface area contributed by atoms with Gasteiger partial charge < -0.3 is 0 Å². The van der Waals surface area contributed by atoms with Gasteiger partial charge in [0.05, 0.1) is 0 Å². The number of rotatable bonds is 0. The Balaban J connectivity index is 0. The van der Waals surface area contributed by atoms with Crippen LogP contribution >= 0.6 is 21.6 Å². The summed E-state index contributed by atoms with van der Waals surface area (Å²) in [6.07, 6.45) is 0. The van der Waals surface area contributed by atoms with Gasteiger partial charge >= 0.3 is 0 Å². The average Bonchev–Trinajstić information content (AvgIpc) is 0.811. The highest BCUT2D eigenvalue weighted by molar-refractivity contribution is 7.17. The molecule has 0 radical (unpaired) electrons. The molecule has 0 saturated heterocycles. The zero-order valence-corrected chi connectivity index (χ0v) is 5.53. The molecule has 0 saturated carbocycles. The fourth-order valence-corrected chi connectivity index (χ4v) is 0. The summed E-state index contributed by atoms with van der Waals surface area (Å²) in [5.74, 6) is 0. The molecule has 0 amide bonds. The van der Waals surface area contributed by atoms with E-state index in [2.05, 4.69) is 23.1 Å². The second-order valence-corrected chi connectivity index (χ2v) is 2.58. The smallest absolute Gasteiger partial charge is 0.0321 e. The Morgan fingerprint density at radius 2 is 1.40 bits per heavy atom. The molecule has 1 unspecified atom stereocenters. The molecule has 0 aromatic carbocycles. The molecule has 0 aromatic heterocycles. The van der Waals surface area contributed by atoms with E-state index in [-0.39, 0.29) is 12.4 Å². The average molecular weight is 113 g/mol. The second kappa shape index (κ2) is 4.72. The van der Waals surface area contributed by atoms with Crippen molar-refractivity contribution in [2.75, 3.05) is 0 Å². The highest BCUT2D eigenvalue weighted by Crippen LogP contribution is 1.90. The van der Waals surface area contributed by atoms with Crippen LogP contribution in [-0.4, -0.2) is 5.66 Å². The summed E-state index contributed by atoms with van der Waals surface area (Å²) < 4.78 is 0. The molecule has 1 atom stereocenters. The van der Waals surface area contributed by atoms with Crippen molar-refractivity contribution in [3.05, 3.63) is 0 Å². The highest BCUT2D eigenvalue weighted by Gasteiger charge is 1.68. The van der Waals surface area contributed by atoms with Crippen molar-refractivity contribution in [1.82, 2.24) is 0 Å². The Labute approximate surface area is 42.0 Å². The van der Waals surface area contributed by atoms with E-state index in [0.29, 0.717) is 0 Å². The van der Waals surface area contributed by atoms with Crippen molar-refractivity contribution in [1.29, 1.82) is 0 Å². The normalized spacial score (nSPS) is 7.20. The van der Waals surface area contributed by atoms with Crippen molar-refractivity contribution in [2.24, 2.45) is 0 Å². The molecule has 0 aliphatic carbocycles. The molecule has 2 heteroatoms. The molecule has 0 aliphatic rings. The monoisotopic (exact) mass is 112 g/mol. The Bertz CT molecular complexity index is 11.6. The quantitative estimate of drug-likeness (QED) is 0.419. The summed E-state index contributed by atoms with van der Waals surface area (Å²) >= 11 is 0. The van der Waals surface area contributed by atoms with E-state index in [1.165, 1.54) is 0 Å². The lowest BCUT2D eigenvalue weighted by atomic mass is 10.6. The summed E-state index contributed by atoms with van der Waals surface area (Å²) in [4.78, 5) is 0. The molecule has 0 spiro atoms. The molecule has 0 bridgehead atoms. The van der Waals surface area contributed by atoms with E-state index in [1.54, 1.807) is 0 Å². The van der Waals surface area contributed by atoms with Crippen molar-refractivity contribution in [3.8, 4) is 0 Å². The molecule has 0 nitrogen and oxygen atoms in total. The van der Waals surface area contributed by atoms with Gasteiger partial charge in [-0.2, -0.15) is 0 Å². The van der Waals surface area contributed by atoms with Crippen LogP contribution in [0.4, 0.5) is 0 Å². The van der Waals surface area contributed by atoms with Crippen molar-refractivity contribution in [3.63, 3.8) is 0 Å². The minimum absolute atomic E-state index is 0. The zero-order chi connectivity index (χ0) is 3.58. The molecule has 0 N–H and O–H groups in total. The topological polar surface area (TPSA) is 0 Å². The lowest BCUT2D eigenvalue weighted by Gasteiger charge is -1.79. The van der Waals surface area contributed by atoms with Crippen LogP contribution in [0.15, 0.2) is 0 Å². The fraction of sp³-hybridized carbons (Fsp3) is 1.00. The van der Waals surface area contributed by atoms with Crippen molar-refractivity contribution < 1.29 is 0 Å². The number of halogens is 1. The maximum Gasteiger partial charge on any atom is -0.0321 e. The van der Waals surface area contributed by atoms with Crippen LogP contribution in [0, 0.1) is 0 Å². The maximum absolute atomic E-state index is 2.66. The van der Waals surface area contributed by atoms with E-state index in [9.17, 15) is 0 Å². The molecule has 34 valence electrons. The van der Waals surface area contributed by atoms with Crippen LogP contribution in [0.1, 0.15) is 13.8 Å². The fourth-order valence-electron chi connectivity index (χ4n) is 0. The molecule has 0 aliphatic heterocycles. The summed E-state index contributed by atoms with van der Waals surface area (Å²) in [5, 5.41) is 0. The van der Waals surface area contributed by atoms with E-state index in [4.69, 9.17) is 0 Å². The summed E-state index contributed by atoms with van der Waals surface area (Å²) in [6.45, 7) is 4.26. The Morgan fingerprint density at radius 3 is 1.40 bits per heavy atom. The molecule has 0 aromatic rings. The Morgan fingerprint density at radius 1 is 1.40 bits per heavy atom. The minimum atomic E-state index is 0. The van der Waals surface area contributed by atoms with Gasteiger partial charge in [0.2, 0.25) is 0 Å². The lowest BCUT2D eigenvalue weighted by Crippen LogP contribution is -1.69. The SMILES string of the molecule is CC(C)P.Cl. The van der Waals surface area contributed by atoms with Gasteiger partial charge in [-0.25, -0.2) is 0 Å². The van der Waals surface area contributed by atoms with Gasteiger partial charge in [0, 0.05) is 0 Å². The van der Waals surface area contributed by atoms with Crippen LogP contribution in [0.5, 0.6) is 0 Å². The van der Waals surface area contributed by atoms with Gasteiger partial charge in [-0.15, -0.1) is 21.6 Å². The third-order valence-electron chi connectivity index (χ3n) is 0. The third-order valence-corrected chi connectivity index (χ3v) is 0. The zero-order valence-electron chi connectivity index (χ0n) is 3.56. The van der Waals surface area contributed by atoms with Crippen LogP contribution in [-0.2, 0) is 0 Å². The first-order valence-electron chi connectivity index (χ1n) is 1.49. The Kier molecular flexibility index (Phi) is 8.69. The van der Waals surface area contributed by atoms with Crippen molar-refractivity contribution >= 4 is 21.6 Å². The van der Waals surface area contributed by atoms with Gasteiger partial charge in [-0.05, 0) is 5.66 Å². The first-order valence-corrected chi connectivity index (χ1v) is 2.15. The van der Waals surface area contributed by atoms with Gasteiger partial charge in [-0.1, -0.05) is 13.8 Å². The molecule has 5 heavy (non-hydrogen) atoms. The highest BCUT2D eigenvalue weighted by atomic mass is 35.5. The maximum atomic E-state index is 2.66. The van der Waals surface area contributed by atoms with E-state index in [0.717, 1.165) is 5.66 Å². The van der Waals surface area contributed by atoms with Crippen LogP contribution in [0.3, 0.4) is 0 Å². The van der Waals surface area contributed by atoms with Crippen LogP contribution in [0.2, 0.25) is 0 Å². The van der Waals surface area contributed by atoms with E-state index >= 15 is 0 Å². The van der Waals surface area contributed by atoms with Crippen LogP contribution < -0.4 is 0 Å². The first kappa shape index (κ1) is 9.21. The Hall–Kier alpha value is 0.720. The predicted octanol–water partition coefficient (Wildman–Crippen LogP) is 1.69. The van der Waals surface area contributed by atoms with Gasteiger partial charge in [-0.3, -0.25) is 0 Å². The molecule has 0 fully saturated rings. The van der Waals surface area contributed by atoms with E-state index in [1.807, 2.05) is 0 Å². The number of hydrogen-bond donors (Lipinski definition) is 0. The summed E-state index contributed by atoms with van der Waals surface area (Å²) in [6, 6.07) is 0. The standard InChI is InChI=1S/C3H9P.ClH/c1-3(2)4;/h3H,4H2,1-2H3;1H. The van der Waals surface area contributed by atoms with Gasteiger partial charge in [0.25, 0.3) is 0 Å². The third kappa shape index (κ3) is 67.4. The second-order valence-electron chi connectivity index (χ2n) is 1.24. The molecule has 0 rings (SSSR count). The largest absolute Gasteiger partial charge is 0.147 e. The summed E-state index contributed by atoms with van der Waals surface area (Å²) in [7, 11) is 2.66. The predicted molar refractivity (Wildman–Crippen MR) is 32.1 cm³/mol. The van der Waals surface area contributed by atoms with Crippen LogP contribution in [0.25, 0.3) is 0 Å². The summed E-state index contributed by atoms with van der Waals surface area (Å²) in [5.41, 5.74) is 0.750. The number of hydrogen-bond acceptors (Lipinski definition) is 0. The van der Waals surface area contributed by atoms with Gasteiger partial charge in [0.1, 0.15) is 0 Å². The lowest BCUT2D eigenvalue weighted by molar-refractivity contribution is 1.12. The van der Waals surface area contributed by atoms with Gasteiger partial charge in [0.15, 0.2) is 0 Å². The van der Waals surface area contributed by atoms with Crippen molar-refractivity contribution in [2.45, 2.75) is 19.5 Å². The molecule has 0 heterocycles. The molecular formula is C3H10ClP. The molecular weight excluding hydrogens is 102 g/mol.